The molecular weight excluding hydrogens is 214 g/mol. The second-order valence-electron chi connectivity index (χ2n) is 5.26. The van der Waals surface area contributed by atoms with Crippen LogP contribution in [-0.4, -0.2) is 16.1 Å². The van der Waals surface area contributed by atoms with Crippen molar-refractivity contribution in [1.82, 2.24) is 9.55 Å². The average molecular weight is 237 g/mol. The molecule has 0 aromatic carbocycles. The zero-order chi connectivity index (χ0) is 12.9. The summed E-state index contributed by atoms with van der Waals surface area (Å²) in [4.78, 5) is 16.2. The molecule has 96 valence electrons. The summed E-state index contributed by atoms with van der Waals surface area (Å²) in [5, 5.41) is 3.12. The number of unbranched alkanes of at least 4 members (excludes halogenated alkanes) is 2. The van der Waals surface area contributed by atoms with Gasteiger partial charge in [0.1, 0.15) is 0 Å². The van der Waals surface area contributed by atoms with Gasteiger partial charge in [-0.1, -0.05) is 19.8 Å². The van der Waals surface area contributed by atoms with Gasteiger partial charge < -0.3 is 9.88 Å². The van der Waals surface area contributed by atoms with E-state index >= 15 is 0 Å². The Morgan fingerprint density at radius 1 is 1.35 bits per heavy atom. The summed E-state index contributed by atoms with van der Waals surface area (Å²) in [5.41, 5.74) is -0.253. The first-order valence-corrected chi connectivity index (χ1v) is 6.29. The van der Waals surface area contributed by atoms with Gasteiger partial charge in [-0.15, -0.1) is 0 Å². The Kier molecular flexibility index (Phi) is 4.73. The second kappa shape index (κ2) is 5.84. The molecule has 0 radical (unpaired) electrons. The zero-order valence-electron chi connectivity index (χ0n) is 11.3. The highest BCUT2D eigenvalue weighted by Crippen LogP contribution is 2.10. The maximum absolute atomic E-state index is 12.1. The van der Waals surface area contributed by atoms with Crippen LogP contribution in [0.3, 0.4) is 0 Å². The molecule has 1 N–H and O–H groups in total. The van der Waals surface area contributed by atoms with Gasteiger partial charge in [0.05, 0.1) is 0 Å². The molecule has 0 aliphatic heterocycles. The molecule has 0 amide bonds. The maximum Gasteiger partial charge on any atom is 0.293 e. The third kappa shape index (κ3) is 3.88. The third-order valence-electron chi connectivity index (χ3n) is 2.64. The minimum Gasteiger partial charge on any atom is -0.365 e. The van der Waals surface area contributed by atoms with E-state index in [4.69, 9.17) is 0 Å². The quantitative estimate of drug-likeness (QED) is 0.801. The van der Waals surface area contributed by atoms with Crippen molar-refractivity contribution in [3.05, 3.63) is 22.7 Å². The highest BCUT2D eigenvalue weighted by atomic mass is 16.1. The summed E-state index contributed by atoms with van der Waals surface area (Å²) < 4.78 is 1.71. The molecule has 0 aliphatic carbocycles. The fraction of sp³-hybridized carbons (Fsp3) is 0.692. The molecule has 1 aromatic rings. The van der Waals surface area contributed by atoms with Crippen LogP contribution in [-0.2, 0) is 5.54 Å². The van der Waals surface area contributed by atoms with E-state index in [9.17, 15) is 4.79 Å². The lowest BCUT2D eigenvalue weighted by atomic mass is 10.1. The van der Waals surface area contributed by atoms with Crippen LogP contribution in [0.25, 0.3) is 0 Å². The van der Waals surface area contributed by atoms with Crippen LogP contribution in [0.15, 0.2) is 17.2 Å². The number of nitrogens with zero attached hydrogens (tertiary/aromatic N) is 2. The molecule has 0 bridgehead atoms. The highest BCUT2D eigenvalue weighted by Gasteiger charge is 2.16. The van der Waals surface area contributed by atoms with Gasteiger partial charge in [-0.2, -0.15) is 0 Å². The summed E-state index contributed by atoms with van der Waals surface area (Å²) in [6.07, 6.45) is 6.83. The fourth-order valence-corrected chi connectivity index (χ4v) is 1.64. The molecule has 1 rings (SSSR count). The first-order valence-electron chi connectivity index (χ1n) is 6.29. The van der Waals surface area contributed by atoms with Crippen LogP contribution in [0.1, 0.15) is 47.0 Å². The number of hydrogen-bond acceptors (Lipinski definition) is 3. The Bertz CT molecular complexity index is 404. The van der Waals surface area contributed by atoms with Crippen molar-refractivity contribution in [2.45, 2.75) is 52.5 Å². The standard InChI is InChI=1S/C13H23N3O/c1-5-6-7-8-14-11-12(17)16(10-9-15-11)13(2,3)4/h9-10H,5-8H2,1-4H3,(H,14,15). The molecule has 0 atom stereocenters. The van der Waals surface area contributed by atoms with Crippen LogP contribution in [0.4, 0.5) is 5.82 Å². The molecule has 17 heavy (non-hydrogen) atoms. The number of nitrogens with one attached hydrogen (secondary N) is 1. The average Bonchev–Trinajstić information content (AvgIpc) is 2.25. The van der Waals surface area contributed by atoms with Gasteiger partial charge >= 0.3 is 0 Å². The minimum atomic E-state index is -0.208. The molecule has 0 spiro atoms. The van der Waals surface area contributed by atoms with Crippen LogP contribution in [0.2, 0.25) is 0 Å². The molecule has 4 nitrogen and oxygen atoms in total. The lowest BCUT2D eigenvalue weighted by Crippen LogP contribution is -2.35. The number of hydrogen-bond donors (Lipinski definition) is 1. The molecule has 0 saturated carbocycles. The molecule has 1 heterocycles. The van der Waals surface area contributed by atoms with Gasteiger partial charge in [0, 0.05) is 24.5 Å². The second-order valence-corrected chi connectivity index (χ2v) is 5.26. The largest absolute Gasteiger partial charge is 0.365 e. The minimum absolute atomic E-state index is 0.0449. The molecule has 1 aromatic heterocycles. The predicted octanol–water partition coefficient (Wildman–Crippen LogP) is 2.60. The zero-order valence-corrected chi connectivity index (χ0v) is 11.3. The third-order valence-corrected chi connectivity index (χ3v) is 2.64. The summed E-state index contributed by atoms with van der Waals surface area (Å²) >= 11 is 0. The van der Waals surface area contributed by atoms with Gasteiger partial charge in [0.2, 0.25) is 0 Å². The number of anilines is 1. The van der Waals surface area contributed by atoms with Crippen molar-refractivity contribution in [3.8, 4) is 0 Å². The highest BCUT2D eigenvalue weighted by molar-refractivity contribution is 5.30. The van der Waals surface area contributed by atoms with Crippen LogP contribution >= 0.6 is 0 Å². The Morgan fingerprint density at radius 2 is 2.06 bits per heavy atom. The van der Waals surface area contributed by atoms with E-state index in [1.54, 1.807) is 17.0 Å². The lowest BCUT2D eigenvalue weighted by Gasteiger charge is -2.22. The van der Waals surface area contributed by atoms with Crippen LogP contribution < -0.4 is 10.9 Å². The molecular formula is C13H23N3O. The summed E-state index contributed by atoms with van der Waals surface area (Å²) in [6, 6.07) is 0. The Morgan fingerprint density at radius 3 is 2.65 bits per heavy atom. The molecule has 0 saturated heterocycles. The SMILES string of the molecule is CCCCCNc1nccn(C(C)(C)C)c1=O. The smallest absolute Gasteiger partial charge is 0.293 e. The van der Waals surface area contributed by atoms with Crippen LogP contribution in [0, 0.1) is 0 Å². The topological polar surface area (TPSA) is 46.9 Å². The van der Waals surface area contributed by atoms with E-state index in [0.717, 1.165) is 13.0 Å². The van der Waals surface area contributed by atoms with Crippen molar-refractivity contribution in [3.63, 3.8) is 0 Å². The van der Waals surface area contributed by atoms with E-state index in [0.29, 0.717) is 5.82 Å². The molecule has 0 unspecified atom stereocenters. The monoisotopic (exact) mass is 237 g/mol. The van der Waals surface area contributed by atoms with Crippen LogP contribution in [0.5, 0.6) is 0 Å². The Labute approximate surface area is 103 Å². The van der Waals surface area contributed by atoms with Crippen molar-refractivity contribution in [1.29, 1.82) is 0 Å². The summed E-state index contributed by atoms with van der Waals surface area (Å²) in [6.45, 7) is 9.00. The predicted molar refractivity (Wildman–Crippen MR) is 71.5 cm³/mol. The van der Waals surface area contributed by atoms with Gasteiger partial charge in [0.25, 0.3) is 5.56 Å². The number of rotatable bonds is 5. The summed E-state index contributed by atoms with van der Waals surface area (Å²) in [7, 11) is 0. The van der Waals surface area contributed by atoms with E-state index in [1.165, 1.54) is 12.8 Å². The van der Waals surface area contributed by atoms with E-state index in [-0.39, 0.29) is 11.1 Å². The van der Waals surface area contributed by atoms with Gasteiger partial charge in [-0.3, -0.25) is 4.79 Å². The first kappa shape index (κ1) is 13.7. The van der Waals surface area contributed by atoms with Gasteiger partial charge in [0.15, 0.2) is 5.82 Å². The van der Waals surface area contributed by atoms with E-state index in [1.807, 2.05) is 20.8 Å². The Balaban J connectivity index is 2.78. The molecule has 0 aliphatic rings. The first-order chi connectivity index (χ1) is 7.96. The normalized spacial score (nSPS) is 11.5. The van der Waals surface area contributed by atoms with Crippen molar-refractivity contribution in [2.75, 3.05) is 11.9 Å². The van der Waals surface area contributed by atoms with Gasteiger partial charge in [-0.25, -0.2) is 4.98 Å². The van der Waals surface area contributed by atoms with Gasteiger partial charge in [-0.05, 0) is 27.2 Å². The van der Waals surface area contributed by atoms with Crippen molar-refractivity contribution in [2.24, 2.45) is 0 Å². The van der Waals surface area contributed by atoms with E-state index < -0.39 is 0 Å². The van der Waals surface area contributed by atoms with Crippen molar-refractivity contribution < 1.29 is 0 Å². The fourth-order valence-electron chi connectivity index (χ4n) is 1.64. The molecule has 0 fully saturated rings. The Hall–Kier alpha value is -1.32. The maximum atomic E-state index is 12.1. The summed E-state index contributed by atoms with van der Waals surface area (Å²) in [5.74, 6) is 0.457. The number of aromatic nitrogens is 2. The lowest BCUT2D eigenvalue weighted by molar-refractivity contribution is 0.383. The van der Waals surface area contributed by atoms with Crippen molar-refractivity contribution >= 4 is 5.82 Å². The molecule has 4 heteroatoms. The van der Waals surface area contributed by atoms with E-state index in [2.05, 4.69) is 17.2 Å².